The Kier molecular flexibility index (Phi) is 6.64. The molecule has 0 saturated heterocycles. The lowest BCUT2D eigenvalue weighted by Gasteiger charge is -2.23. The van der Waals surface area contributed by atoms with E-state index in [1.165, 1.54) is 22.3 Å². The maximum absolute atomic E-state index is 10.7. The average molecular weight is 367 g/mol. The largest absolute Gasteiger partial charge is 0.481 e. The lowest BCUT2D eigenvalue weighted by atomic mass is 9.93. The molecular formula is C23H29NO3. The standard InChI is InChI=1S/C23H29NO3/c1-17-16-18-8-3-4-10-20(18)23(21-11-6-5-9-19(17)21)27-15-14-24(2)13-7-12-22(25)26/h3-6,8-11,17,23H,7,12-16H2,1-2H3,(H,25,26). The summed E-state index contributed by atoms with van der Waals surface area (Å²) >= 11 is 0. The van der Waals surface area contributed by atoms with E-state index in [9.17, 15) is 4.79 Å². The fourth-order valence-electron chi connectivity index (χ4n) is 3.90. The van der Waals surface area contributed by atoms with Gasteiger partial charge in [0.25, 0.3) is 0 Å². The van der Waals surface area contributed by atoms with Crippen molar-refractivity contribution in [3.8, 4) is 0 Å². The number of fused-ring (bicyclic) bond motifs is 2. The number of nitrogens with zero attached hydrogens (tertiary/aromatic N) is 1. The minimum absolute atomic E-state index is 0.0465. The van der Waals surface area contributed by atoms with E-state index in [0.717, 1.165) is 19.5 Å². The molecule has 1 N–H and O–H groups in total. The number of benzene rings is 2. The molecule has 0 radical (unpaired) electrons. The van der Waals surface area contributed by atoms with Crippen LogP contribution in [-0.2, 0) is 16.0 Å². The summed E-state index contributed by atoms with van der Waals surface area (Å²) in [4.78, 5) is 12.8. The van der Waals surface area contributed by atoms with Crippen molar-refractivity contribution in [3.63, 3.8) is 0 Å². The highest BCUT2D eigenvalue weighted by atomic mass is 16.5. The Bertz CT molecular complexity index is 774. The Morgan fingerprint density at radius 1 is 1.07 bits per heavy atom. The zero-order chi connectivity index (χ0) is 19.2. The molecule has 144 valence electrons. The molecule has 0 amide bonds. The van der Waals surface area contributed by atoms with Crippen molar-refractivity contribution in [1.82, 2.24) is 4.90 Å². The second kappa shape index (κ2) is 9.16. The first-order chi connectivity index (χ1) is 13.1. The Labute approximate surface area is 161 Å². The van der Waals surface area contributed by atoms with Crippen LogP contribution in [0.15, 0.2) is 48.5 Å². The molecule has 0 aliphatic heterocycles. The van der Waals surface area contributed by atoms with Crippen molar-refractivity contribution in [2.75, 3.05) is 26.7 Å². The second-order valence-electron chi connectivity index (χ2n) is 7.48. The topological polar surface area (TPSA) is 49.8 Å². The Hall–Kier alpha value is -2.17. The average Bonchev–Trinajstić information content (AvgIpc) is 2.77. The predicted octanol–water partition coefficient (Wildman–Crippen LogP) is 4.25. The molecule has 0 fully saturated rings. The molecule has 0 saturated carbocycles. The number of likely N-dealkylation sites (N-methyl/N-ethyl adjacent to an activating group) is 1. The van der Waals surface area contributed by atoms with Crippen LogP contribution in [0.3, 0.4) is 0 Å². The quantitative estimate of drug-likeness (QED) is 0.758. The van der Waals surface area contributed by atoms with Crippen LogP contribution in [0.25, 0.3) is 0 Å². The fourth-order valence-corrected chi connectivity index (χ4v) is 3.90. The normalized spacial score (nSPS) is 18.6. The van der Waals surface area contributed by atoms with Crippen LogP contribution < -0.4 is 0 Å². The van der Waals surface area contributed by atoms with Gasteiger partial charge in [-0.25, -0.2) is 0 Å². The van der Waals surface area contributed by atoms with Crippen LogP contribution >= 0.6 is 0 Å². The van der Waals surface area contributed by atoms with Gasteiger partial charge in [-0.05, 0) is 54.6 Å². The van der Waals surface area contributed by atoms with Crippen molar-refractivity contribution < 1.29 is 14.6 Å². The molecule has 2 aromatic carbocycles. The molecule has 1 aliphatic carbocycles. The van der Waals surface area contributed by atoms with Crippen molar-refractivity contribution in [3.05, 3.63) is 70.8 Å². The number of hydrogen-bond donors (Lipinski definition) is 1. The van der Waals surface area contributed by atoms with E-state index in [1.54, 1.807) is 0 Å². The van der Waals surface area contributed by atoms with Crippen LogP contribution in [0.5, 0.6) is 0 Å². The summed E-state index contributed by atoms with van der Waals surface area (Å²) in [5, 5.41) is 8.76. The molecule has 1 aliphatic rings. The molecule has 0 heterocycles. The van der Waals surface area contributed by atoms with E-state index in [2.05, 4.69) is 60.4 Å². The molecule has 0 spiro atoms. The predicted molar refractivity (Wildman–Crippen MR) is 107 cm³/mol. The van der Waals surface area contributed by atoms with Crippen LogP contribution in [0.4, 0.5) is 0 Å². The van der Waals surface area contributed by atoms with Crippen LogP contribution in [-0.4, -0.2) is 42.7 Å². The van der Waals surface area contributed by atoms with Gasteiger partial charge in [-0.3, -0.25) is 4.79 Å². The summed E-state index contributed by atoms with van der Waals surface area (Å²) in [7, 11) is 2.02. The summed E-state index contributed by atoms with van der Waals surface area (Å²) in [6.07, 6.45) is 1.86. The third kappa shape index (κ3) is 4.96. The zero-order valence-corrected chi connectivity index (χ0v) is 16.2. The van der Waals surface area contributed by atoms with Crippen molar-refractivity contribution in [2.45, 2.75) is 38.2 Å². The first-order valence-corrected chi connectivity index (χ1v) is 9.75. The Balaban J connectivity index is 1.71. The van der Waals surface area contributed by atoms with Crippen molar-refractivity contribution in [1.29, 1.82) is 0 Å². The van der Waals surface area contributed by atoms with Gasteiger partial charge in [0.05, 0.1) is 6.61 Å². The summed E-state index contributed by atoms with van der Waals surface area (Å²) in [5.74, 6) is -0.268. The molecule has 4 nitrogen and oxygen atoms in total. The molecule has 0 aromatic heterocycles. The van der Waals surface area contributed by atoms with Gasteiger partial charge < -0.3 is 14.7 Å². The van der Waals surface area contributed by atoms with Gasteiger partial charge in [0.15, 0.2) is 0 Å². The zero-order valence-electron chi connectivity index (χ0n) is 16.2. The maximum Gasteiger partial charge on any atom is 0.303 e. The van der Waals surface area contributed by atoms with E-state index >= 15 is 0 Å². The van der Waals surface area contributed by atoms with Gasteiger partial charge in [-0.15, -0.1) is 0 Å². The number of carbonyl (C=O) groups is 1. The number of carboxylic acids is 1. The summed E-state index contributed by atoms with van der Waals surface area (Å²) in [6, 6.07) is 17.2. The van der Waals surface area contributed by atoms with E-state index in [4.69, 9.17) is 9.84 Å². The molecule has 2 atom stereocenters. The minimum Gasteiger partial charge on any atom is -0.481 e. The smallest absolute Gasteiger partial charge is 0.303 e. The van der Waals surface area contributed by atoms with Crippen LogP contribution in [0.1, 0.15) is 54.0 Å². The van der Waals surface area contributed by atoms with Gasteiger partial charge in [0, 0.05) is 13.0 Å². The van der Waals surface area contributed by atoms with Gasteiger partial charge in [0.1, 0.15) is 6.10 Å². The van der Waals surface area contributed by atoms with E-state index in [0.29, 0.717) is 18.9 Å². The fraction of sp³-hybridized carbons (Fsp3) is 0.435. The summed E-state index contributed by atoms with van der Waals surface area (Å²) < 4.78 is 6.40. The first kappa shape index (κ1) is 19.6. The summed E-state index contributed by atoms with van der Waals surface area (Å²) in [5.41, 5.74) is 5.26. The molecule has 4 heteroatoms. The molecular weight excluding hydrogens is 338 g/mol. The number of hydrogen-bond acceptors (Lipinski definition) is 3. The number of aliphatic carboxylic acids is 1. The summed E-state index contributed by atoms with van der Waals surface area (Å²) in [6.45, 7) is 4.46. The lowest BCUT2D eigenvalue weighted by Crippen LogP contribution is -2.25. The third-order valence-electron chi connectivity index (χ3n) is 5.36. The van der Waals surface area contributed by atoms with Gasteiger partial charge in [-0.1, -0.05) is 55.5 Å². The van der Waals surface area contributed by atoms with Crippen LogP contribution in [0.2, 0.25) is 0 Å². The number of carboxylic acid groups (broad SMARTS) is 1. The van der Waals surface area contributed by atoms with E-state index < -0.39 is 5.97 Å². The SMILES string of the molecule is CC1Cc2ccccc2C(OCCN(C)CCCC(=O)O)c2ccccc21. The molecule has 3 rings (SSSR count). The third-order valence-corrected chi connectivity index (χ3v) is 5.36. The molecule has 0 bridgehead atoms. The van der Waals surface area contributed by atoms with Crippen molar-refractivity contribution in [2.24, 2.45) is 0 Å². The monoisotopic (exact) mass is 367 g/mol. The Morgan fingerprint density at radius 2 is 1.74 bits per heavy atom. The number of rotatable bonds is 8. The highest BCUT2D eigenvalue weighted by Crippen LogP contribution is 2.39. The Morgan fingerprint density at radius 3 is 2.48 bits per heavy atom. The van der Waals surface area contributed by atoms with Gasteiger partial charge in [-0.2, -0.15) is 0 Å². The van der Waals surface area contributed by atoms with E-state index in [1.807, 2.05) is 7.05 Å². The molecule has 2 unspecified atom stereocenters. The molecule has 2 aromatic rings. The lowest BCUT2D eigenvalue weighted by molar-refractivity contribution is -0.137. The van der Waals surface area contributed by atoms with E-state index in [-0.39, 0.29) is 12.5 Å². The van der Waals surface area contributed by atoms with Crippen molar-refractivity contribution >= 4 is 5.97 Å². The molecule has 27 heavy (non-hydrogen) atoms. The second-order valence-corrected chi connectivity index (χ2v) is 7.48. The van der Waals surface area contributed by atoms with Crippen LogP contribution in [0, 0.1) is 0 Å². The van der Waals surface area contributed by atoms with Gasteiger partial charge >= 0.3 is 5.97 Å². The highest BCUT2D eigenvalue weighted by Gasteiger charge is 2.27. The number of ether oxygens (including phenoxy) is 1. The maximum atomic E-state index is 10.7. The highest BCUT2D eigenvalue weighted by molar-refractivity contribution is 5.66. The first-order valence-electron chi connectivity index (χ1n) is 9.75. The van der Waals surface area contributed by atoms with Gasteiger partial charge in [0.2, 0.25) is 0 Å². The minimum atomic E-state index is -0.736.